The number of fused-ring (bicyclic) bond motifs is 1. The molecule has 2 aromatic carbocycles. The average Bonchev–Trinajstić information content (AvgIpc) is 2.73. The van der Waals surface area contributed by atoms with E-state index in [0.717, 1.165) is 0 Å². The minimum absolute atomic E-state index is 0.142. The summed E-state index contributed by atoms with van der Waals surface area (Å²) in [6, 6.07) is 11.7. The summed E-state index contributed by atoms with van der Waals surface area (Å²) >= 11 is 6.03. The molecule has 0 saturated heterocycles. The Labute approximate surface area is 179 Å². The maximum absolute atomic E-state index is 12.1. The number of aromatic hydroxyl groups is 1. The molecule has 0 saturated carbocycles. The first-order chi connectivity index (χ1) is 14.5. The van der Waals surface area contributed by atoms with Gasteiger partial charge in [-0.25, -0.2) is 0 Å². The van der Waals surface area contributed by atoms with Crippen LogP contribution in [0.15, 0.2) is 42.5 Å². The molecule has 9 heteroatoms. The van der Waals surface area contributed by atoms with Gasteiger partial charge in [-0.15, -0.1) is 0 Å². The number of phenols is 1. The van der Waals surface area contributed by atoms with Crippen LogP contribution in [0.4, 0.5) is 0 Å². The first kappa shape index (κ1) is 21.7. The molecule has 3 rings (SSSR count). The van der Waals surface area contributed by atoms with Crippen molar-refractivity contribution in [1.29, 1.82) is 0 Å². The molecule has 3 N–H and O–H groups in total. The molecule has 0 aliphatic carbocycles. The Hall–Kier alpha value is -2.97. The molecule has 1 heterocycles. The lowest BCUT2D eigenvalue weighted by molar-refractivity contribution is -0.124. The quantitative estimate of drug-likeness (QED) is 0.664. The lowest BCUT2D eigenvalue weighted by atomic mass is 10.2. The van der Waals surface area contributed by atoms with E-state index in [1.807, 2.05) is 4.90 Å². The number of nitrogens with one attached hydrogen (secondary N) is 2. The summed E-state index contributed by atoms with van der Waals surface area (Å²) in [6.45, 7) is 1.88. The minimum atomic E-state index is -0.264. The van der Waals surface area contributed by atoms with Gasteiger partial charge in [-0.05, 0) is 30.3 Å². The second-order valence-electron chi connectivity index (χ2n) is 6.77. The third-order valence-electron chi connectivity index (χ3n) is 4.50. The number of carbonyl (C=O) groups is 2. The first-order valence-electron chi connectivity index (χ1n) is 9.59. The van der Waals surface area contributed by atoms with Crippen molar-refractivity contribution in [1.82, 2.24) is 15.5 Å². The van der Waals surface area contributed by atoms with E-state index in [1.54, 1.807) is 42.5 Å². The van der Waals surface area contributed by atoms with Gasteiger partial charge in [0.2, 0.25) is 0 Å². The maximum atomic E-state index is 12.1. The van der Waals surface area contributed by atoms with Crippen molar-refractivity contribution in [2.45, 2.75) is 6.54 Å². The molecule has 2 aromatic rings. The van der Waals surface area contributed by atoms with Crippen LogP contribution in [0, 0.1) is 0 Å². The summed E-state index contributed by atoms with van der Waals surface area (Å²) in [5, 5.41) is 16.2. The maximum Gasteiger partial charge on any atom is 0.257 e. The number of phenolic OH excluding ortho intramolecular Hbond substituents is 1. The van der Waals surface area contributed by atoms with Crippen LogP contribution < -0.4 is 20.1 Å². The highest BCUT2D eigenvalue weighted by Gasteiger charge is 2.14. The zero-order chi connectivity index (χ0) is 21.3. The van der Waals surface area contributed by atoms with Crippen molar-refractivity contribution in [3.05, 3.63) is 53.1 Å². The molecule has 30 heavy (non-hydrogen) atoms. The minimum Gasteiger partial charge on any atom is -0.508 e. The van der Waals surface area contributed by atoms with Gasteiger partial charge in [0, 0.05) is 43.3 Å². The van der Waals surface area contributed by atoms with Crippen molar-refractivity contribution >= 4 is 23.4 Å². The molecule has 0 unspecified atom stereocenters. The highest BCUT2D eigenvalue weighted by atomic mass is 35.5. The van der Waals surface area contributed by atoms with Gasteiger partial charge in [0.25, 0.3) is 11.8 Å². The van der Waals surface area contributed by atoms with E-state index in [2.05, 4.69) is 10.6 Å². The molecular weight excluding hydrogens is 410 g/mol. The number of hydrogen-bond acceptors (Lipinski definition) is 6. The van der Waals surface area contributed by atoms with E-state index >= 15 is 0 Å². The Morgan fingerprint density at radius 2 is 1.50 bits per heavy atom. The number of rotatable bonds is 2. The Morgan fingerprint density at radius 1 is 0.933 bits per heavy atom. The summed E-state index contributed by atoms with van der Waals surface area (Å²) in [5.74, 6) is 0.406. The number of carbonyl (C=O) groups excluding carboxylic acids is 2. The number of nitrogens with zero attached hydrogens (tertiary/aromatic N) is 1. The molecule has 0 spiro atoms. The van der Waals surface area contributed by atoms with E-state index in [0.29, 0.717) is 54.8 Å². The van der Waals surface area contributed by atoms with Crippen LogP contribution in [0.5, 0.6) is 17.2 Å². The number of amides is 2. The van der Waals surface area contributed by atoms with Crippen molar-refractivity contribution in [2.75, 3.05) is 39.4 Å². The van der Waals surface area contributed by atoms with Crippen LogP contribution in [0.1, 0.15) is 5.56 Å². The predicted octanol–water partition coefficient (Wildman–Crippen LogP) is 1.55. The lowest BCUT2D eigenvalue weighted by Crippen LogP contribution is -2.40. The van der Waals surface area contributed by atoms with Crippen molar-refractivity contribution in [2.24, 2.45) is 0 Å². The third-order valence-corrected chi connectivity index (χ3v) is 4.74. The second-order valence-corrected chi connectivity index (χ2v) is 7.21. The zero-order valence-electron chi connectivity index (χ0n) is 16.4. The largest absolute Gasteiger partial charge is 0.508 e. The number of hydrogen-bond donors (Lipinski definition) is 3. The monoisotopic (exact) mass is 433 g/mol. The molecule has 8 nitrogen and oxygen atoms in total. The zero-order valence-corrected chi connectivity index (χ0v) is 17.2. The Morgan fingerprint density at radius 3 is 2.07 bits per heavy atom. The summed E-state index contributed by atoms with van der Waals surface area (Å²) in [4.78, 5) is 26.3. The fourth-order valence-electron chi connectivity index (χ4n) is 2.98. The number of halogens is 1. The van der Waals surface area contributed by atoms with Gasteiger partial charge in [-0.2, -0.15) is 0 Å². The van der Waals surface area contributed by atoms with Gasteiger partial charge < -0.3 is 25.2 Å². The Balaban J connectivity index is 1.67. The highest BCUT2D eigenvalue weighted by Crippen LogP contribution is 2.26. The number of benzene rings is 2. The normalized spacial score (nSPS) is 16.7. The van der Waals surface area contributed by atoms with Gasteiger partial charge in [-0.1, -0.05) is 23.7 Å². The van der Waals surface area contributed by atoms with Gasteiger partial charge in [0.15, 0.2) is 24.7 Å². The van der Waals surface area contributed by atoms with E-state index < -0.39 is 0 Å². The van der Waals surface area contributed by atoms with Crippen LogP contribution in [0.25, 0.3) is 0 Å². The third kappa shape index (κ3) is 6.53. The van der Waals surface area contributed by atoms with Crippen LogP contribution in [-0.4, -0.2) is 61.2 Å². The van der Waals surface area contributed by atoms with E-state index in [-0.39, 0.29) is 30.8 Å². The van der Waals surface area contributed by atoms with E-state index in [4.69, 9.17) is 21.1 Å². The highest BCUT2D eigenvalue weighted by molar-refractivity contribution is 6.30. The van der Waals surface area contributed by atoms with Crippen LogP contribution in [0.2, 0.25) is 5.02 Å². The molecule has 0 atom stereocenters. The fourth-order valence-corrected chi connectivity index (χ4v) is 3.17. The Bertz CT molecular complexity index is 848. The molecule has 0 radical (unpaired) electrons. The summed E-state index contributed by atoms with van der Waals surface area (Å²) < 4.78 is 11.1. The second kappa shape index (κ2) is 10.7. The van der Waals surface area contributed by atoms with Gasteiger partial charge in [-0.3, -0.25) is 14.5 Å². The van der Waals surface area contributed by atoms with Crippen LogP contribution in [0.3, 0.4) is 0 Å². The van der Waals surface area contributed by atoms with Gasteiger partial charge in [0.1, 0.15) is 5.75 Å². The molecule has 160 valence electrons. The summed E-state index contributed by atoms with van der Waals surface area (Å²) in [7, 11) is 0. The van der Waals surface area contributed by atoms with Crippen molar-refractivity contribution in [3.63, 3.8) is 0 Å². The molecule has 2 amide bonds. The van der Waals surface area contributed by atoms with Gasteiger partial charge in [0.05, 0.1) is 0 Å². The smallest absolute Gasteiger partial charge is 0.257 e. The molecular formula is C21H24ClN3O5. The molecule has 0 fully saturated rings. The topological polar surface area (TPSA) is 100 Å². The molecule has 1 aliphatic heterocycles. The summed E-state index contributed by atoms with van der Waals surface area (Å²) in [5.41, 5.74) is 0.667. The van der Waals surface area contributed by atoms with E-state index in [9.17, 15) is 14.7 Å². The Kier molecular flexibility index (Phi) is 7.75. The average molecular weight is 434 g/mol. The summed E-state index contributed by atoms with van der Waals surface area (Å²) in [6.07, 6.45) is 0. The fraction of sp³-hybridized carbons (Fsp3) is 0.333. The first-order valence-corrected chi connectivity index (χ1v) is 9.97. The molecule has 1 aliphatic rings. The van der Waals surface area contributed by atoms with Gasteiger partial charge >= 0.3 is 0 Å². The molecule has 0 aromatic heterocycles. The van der Waals surface area contributed by atoms with Crippen LogP contribution in [-0.2, 0) is 16.1 Å². The standard InChI is InChI=1S/C21H24ClN3O5/c22-16-5-6-17(26)15(11-16)12-25-9-7-23-20(27)13-29-18-3-1-2-4-19(18)30-14-21(28)24-8-10-25/h1-6,11,26H,7-10,12-14H2,(H,23,27)(H,24,28). The number of para-hydroxylation sites is 2. The SMILES string of the molecule is O=C1COc2ccccc2OCC(=O)NCCN(Cc2cc(Cl)ccc2O)CCN1. The lowest BCUT2D eigenvalue weighted by Gasteiger charge is -2.23. The van der Waals surface area contributed by atoms with E-state index in [1.165, 1.54) is 0 Å². The van der Waals surface area contributed by atoms with Crippen LogP contribution >= 0.6 is 11.6 Å². The molecule has 0 bridgehead atoms. The van der Waals surface area contributed by atoms with Crippen molar-refractivity contribution in [3.8, 4) is 17.2 Å². The number of ether oxygens (including phenoxy) is 2. The predicted molar refractivity (Wildman–Crippen MR) is 112 cm³/mol. The van der Waals surface area contributed by atoms with Crippen molar-refractivity contribution < 1.29 is 24.2 Å².